The number of nitriles is 1. The molecule has 1 aliphatic carbocycles. The SMILES string of the molecule is CC(c1ccc(C(F)(F)F)nc1)n1nc(C#N)c2c(=O)[nH]c(C3CCC3c3ccnn3C)nc21. The Bertz CT molecular complexity index is 1480. The zero-order chi connectivity index (χ0) is 24.2. The molecule has 34 heavy (non-hydrogen) atoms. The van der Waals surface area contributed by atoms with Crippen LogP contribution in [-0.2, 0) is 13.2 Å². The maximum Gasteiger partial charge on any atom is 0.433 e. The van der Waals surface area contributed by atoms with Gasteiger partial charge in [0.25, 0.3) is 5.56 Å². The zero-order valence-corrected chi connectivity index (χ0v) is 18.2. The van der Waals surface area contributed by atoms with Crippen LogP contribution >= 0.6 is 0 Å². The average molecular weight is 468 g/mol. The number of rotatable bonds is 4. The van der Waals surface area contributed by atoms with E-state index in [-0.39, 0.29) is 28.6 Å². The summed E-state index contributed by atoms with van der Waals surface area (Å²) in [7, 11) is 1.86. The molecule has 0 amide bonds. The molecule has 1 N–H and O–H groups in total. The molecule has 9 nitrogen and oxygen atoms in total. The number of pyridine rings is 1. The lowest BCUT2D eigenvalue weighted by Crippen LogP contribution is -2.28. The van der Waals surface area contributed by atoms with Crippen molar-refractivity contribution in [2.24, 2.45) is 7.05 Å². The second-order valence-corrected chi connectivity index (χ2v) is 8.38. The fraction of sp³-hybridized carbons (Fsp3) is 0.364. The molecule has 0 radical (unpaired) electrons. The van der Waals surface area contributed by atoms with E-state index in [1.54, 1.807) is 17.8 Å². The number of aromatic nitrogens is 7. The van der Waals surface area contributed by atoms with Gasteiger partial charge in [-0.25, -0.2) is 9.67 Å². The Morgan fingerprint density at radius 2 is 2.00 bits per heavy atom. The van der Waals surface area contributed by atoms with Crippen molar-refractivity contribution in [3.8, 4) is 6.07 Å². The van der Waals surface area contributed by atoms with Gasteiger partial charge in [-0.15, -0.1) is 0 Å². The van der Waals surface area contributed by atoms with Crippen molar-refractivity contribution >= 4 is 11.0 Å². The van der Waals surface area contributed by atoms with Crippen LogP contribution in [-0.4, -0.2) is 34.5 Å². The van der Waals surface area contributed by atoms with E-state index < -0.39 is 23.5 Å². The third-order valence-corrected chi connectivity index (χ3v) is 6.48. The highest BCUT2D eigenvalue weighted by molar-refractivity contribution is 5.80. The first-order valence-electron chi connectivity index (χ1n) is 10.6. The van der Waals surface area contributed by atoms with E-state index in [0.717, 1.165) is 30.8 Å². The van der Waals surface area contributed by atoms with Crippen LogP contribution in [0.1, 0.15) is 66.1 Å². The number of nitrogens with zero attached hydrogens (tertiary/aromatic N) is 7. The van der Waals surface area contributed by atoms with Crippen molar-refractivity contribution in [3.63, 3.8) is 0 Å². The van der Waals surface area contributed by atoms with Gasteiger partial charge in [0, 0.05) is 37.0 Å². The van der Waals surface area contributed by atoms with Crippen LogP contribution in [0.3, 0.4) is 0 Å². The highest BCUT2D eigenvalue weighted by Gasteiger charge is 2.38. The standard InChI is InChI=1S/C22H19F3N8O/c1-11(12-3-6-17(27-10-12)22(23,24)25)33-20-18(15(9-26)31-33)21(34)30-19(29-20)14-5-4-13(14)16-7-8-28-32(16)2/h3,6-8,10-11,13-14H,4-5H2,1-2H3,(H,29,30,34). The Kier molecular flexibility index (Phi) is 5.00. The van der Waals surface area contributed by atoms with E-state index in [2.05, 4.69) is 25.1 Å². The molecular formula is C22H19F3N8O. The van der Waals surface area contributed by atoms with Crippen molar-refractivity contribution in [3.05, 3.63) is 69.4 Å². The third-order valence-electron chi connectivity index (χ3n) is 6.48. The van der Waals surface area contributed by atoms with Crippen LogP contribution in [0.25, 0.3) is 11.0 Å². The Morgan fingerprint density at radius 1 is 1.24 bits per heavy atom. The summed E-state index contributed by atoms with van der Waals surface area (Å²) in [4.78, 5) is 24.0. The van der Waals surface area contributed by atoms with Gasteiger partial charge in [0.1, 0.15) is 23.0 Å². The molecule has 3 atom stereocenters. The summed E-state index contributed by atoms with van der Waals surface area (Å²) in [6, 6.07) is 5.43. The predicted octanol–water partition coefficient (Wildman–Crippen LogP) is 3.41. The summed E-state index contributed by atoms with van der Waals surface area (Å²) >= 11 is 0. The number of aryl methyl sites for hydroxylation is 1. The first-order chi connectivity index (χ1) is 16.2. The van der Waals surface area contributed by atoms with E-state index in [1.807, 2.05) is 19.2 Å². The highest BCUT2D eigenvalue weighted by Crippen LogP contribution is 2.47. The summed E-state index contributed by atoms with van der Waals surface area (Å²) < 4.78 is 41.9. The highest BCUT2D eigenvalue weighted by atomic mass is 19.4. The van der Waals surface area contributed by atoms with Gasteiger partial charge >= 0.3 is 6.18 Å². The van der Waals surface area contributed by atoms with Gasteiger partial charge in [-0.05, 0) is 37.5 Å². The molecule has 1 fully saturated rings. The van der Waals surface area contributed by atoms with E-state index in [9.17, 15) is 23.2 Å². The van der Waals surface area contributed by atoms with Gasteiger partial charge in [-0.1, -0.05) is 6.07 Å². The first kappa shape index (κ1) is 21.8. The van der Waals surface area contributed by atoms with E-state index in [4.69, 9.17) is 0 Å². The molecule has 0 aliphatic heterocycles. The number of alkyl halides is 3. The van der Waals surface area contributed by atoms with E-state index in [0.29, 0.717) is 11.4 Å². The van der Waals surface area contributed by atoms with Crippen molar-refractivity contribution in [2.45, 2.75) is 43.8 Å². The fourth-order valence-electron chi connectivity index (χ4n) is 4.48. The summed E-state index contributed by atoms with van der Waals surface area (Å²) in [6.07, 6.45) is 0.0267. The summed E-state index contributed by atoms with van der Waals surface area (Å²) in [6.45, 7) is 1.70. The minimum absolute atomic E-state index is 0.0376. The lowest BCUT2D eigenvalue weighted by molar-refractivity contribution is -0.141. The molecular weight excluding hydrogens is 449 g/mol. The molecule has 0 aromatic carbocycles. The molecule has 1 saturated carbocycles. The molecule has 12 heteroatoms. The monoisotopic (exact) mass is 468 g/mol. The second-order valence-electron chi connectivity index (χ2n) is 8.38. The van der Waals surface area contributed by atoms with Gasteiger partial charge < -0.3 is 4.98 Å². The van der Waals surface area contributed by atoms with Crippen LogP contribution in [0.5, 0.6) is 0 Å². The molecule has 1 aliphatic rings. The van der Waals surface area contributed by atoms with Gasteiger partial charge in [-0.3, -0.25) is 14.5 Å². The molecule has 0 saturated heterocycles. The summed E-state index contributed by atoms with van der Waals surface area (Å²) in [5.41, 5.74) is 0.0965. The number of nitrogens with one attached hydrogen (secondary N) is 1. The first-order valence-corrected chi connectivity index (χ1v) is 10.6. The molecule has 0 bridgehead atoms. The van der Waals surface area contributed by atoms with E-state index >= 15 is 0 Å². The quantitative estimate of drug-likeness (QED) is 0.490. The molecule has 5 rings (SSSR count). The van der Waals surface area contributed by atoms with E-state index in [1.165, 1.54) is 10.7 Å². The van der Waals surface area contributed by atoms with Crippen LogP contribution in [0, 0.1) is 11.3 Å². The number of hydrogen-bond acceptors (Lipinski definition) is 6. The Labute approximate surface area is 190 Å². The number of halogens is 3. The molecule has 3 unspecified atom stereocenters. The smallest absolute Gasteiger partial charge is 0.310 e. The van der Waals surface area contributed by atoms with Crippen molar-refractivity contribution in [1.29, 1.82) is 5.26 Å². The topological polar surface area (TPSA) is 118 Å². The predicted molar refractivity (Wildman–Crippen MR) is 114 cm³/mol. The minimum atomic E-state index is -4.55. The normalized spacial score (nSPS) is 19.1. The Hall–Kier alpha value is -4.01. The largest absolute Gasteiger partial charge is 0.433 e. The van der Waals surface area contributed by atoms with Crippen LogP contribution < -0.4 is 5.56 Å². The van der Waals surface area contributed by atoms with Gasteiger partial charge in [0.2, 0.25) is 0 Å². The number of fused-ring (bicyclic) bond motifs is 1. The molecule has 0 spiro atoms. The maximum atomic E-state index is 13.0. The second kappa shape index (κ2) is 7.79. The van der Waals surface area contributed by atoms with Gasteiger partial charge in [0.05, 0.1) is 6.04 Å². The van der Waals surface area contributed by atoms with Crippen LogP contribution in [0.4, 0.5) is 13.2 Å². The number of hydrogen-bond donors (Lipinski definition) is 1. The maximum absolute atomic E-state index is 13.0. The molecule has 174 valence electrons. The lowest BCUT2D eigenvalue weighted by atomic mass is 9.71. The zero-order valence-electron chi connectivity index (χ0n) is 18.2. The summed E-state index contributed by atoms with van der Waals surface area (Å²) in [5, 5.41) is 18.1. The minimum Gasteiger partial charge on any atom is -0.310 e. The molecule has 4 aromatic heterocycles. The van der Waals surface area contributed by atoms with Crippen LogP contribution in [0.2, 0.25) is 0 Å². The third kappa shape index (κ3) is 3.44. The van der Waals surface area contributed by atoms with Gasteiger partial charge in [0.15, 0.2) is 11.3 Å². The molecule has 4 aromatic rings. The van der Waals surface area contributed by atoms with Crippen molar-refractivity contribution < 1.29 is 13.2 Å². The molecule has 4 heterocycles. The lowest BCUT2D eigenvalue weighted by Gasteiger charge is -2.35. The Balaban J connectivity index is 1.58. The number of aromatic amines is 1. The average Bonchev–Trinajstić information content (AvgIpc) is 3.36. The fourth-order valence-corrected chi connectivity index (χ4v) is 4.48. The van der Waals surface area contributed by atoms with Gasteiger partial charge in [-0.2, -0.15) is 28.6 Å². The number of H-pyrrole nitrogens is 1. The van der Waals surface area contributed by atoms with Crippen molar-refractivity contribution in [1.82, 2.24) is 34.5 Å². The summed E-state index contributed by atoms with van der Waals surface area (Å²) in [5.74, 6) is 0.583. The Morgan fingerprint density at radius 3 is 2.56 bits per heavy atom. The van der Waals surface area contributed by atoms with Crippen molar-refractivity contribution in [2.75, 3.05) is 0 Å². The van der Waals surface area contributed by atoms with Crippen LogP contribution in [0.15, 0.2) is 35.4 Å².